The molecule has 1 atom stereocenters. The molecule has 1 heterocycles. The Kier molecular flexibility index (Phi) is 7.82. The quantitative estimate of drug-likeness (QED) is 0.227. The van der Waals surface area contributed by atoms with Gasteiger partial charge in [-0.2, -0.15) is 0 Å². The van der Waals surface area contributed by atoms with Gasteiger partial charge in [0, 0.05) is 16.9 Å². The minimum absolute atomic E-state index is 0.234. The number of aliphatic hydroxyl groups excluding tert-OH is 1. The number of aliphatic hydroxyl groups is 1. The van der Waals surface area contributed by atoms with Crippen molar-refractivity contribution >= 4 is 17.4 Å². The van der Waals surface area contributed by atoms with E-state index in [0.717, 1.165) is 11.3 Å². The number of aromatic nitrogens is 3. The third-order valence-electron chi connectivity index (χ3n) is 5.37. The molecule has 2 amide bonds. The van der Waals surface area contributed by atoms with Gasteiger partial charge < -0.3 is 20.5 Å². The van der Waals surface area contributed by atoms with E-state index in [2.05, 4.69) is 30.8 Å². The Morgan fingerprint density at radius 1 is 1.00 bits per heavy atom. The molecular formula is C26H25F3N6O3. The largest absolute Gasteiger partial charge is 0.573 e. The Balaban J connectivity index is 1.34. The summed E-state index contributed by atoms with van der Waals surface area (Å²) >= 11 is 0. The second kappa shape index (κ2) is 11.2. The van der Waals surface area contributed by atoms with Crippen LogP contribution in [-0.4, -0.2) is 38.6 Å². The van der Waals surface area contributed by atoms with Gasteiger partial charge in [-0.15, -0.1) is 18.3 Å². The highest BCUT2D eigenvalue weighted by Crippen LogP contribution is 2.25. The van der Waals surface area contributed by atoms with Gasteiger partial charge in [-0.3, -0.25) is 5.32 Å². The monoisotopic (exact) mass is 526 g/mol. The van der Waals surface area contributed by atoms with Gasteiger partial charge in [0.1, 0.15) is 12.1 Å². The first-order chi connectivity index (χ1) is 18.1. The molecule has 9 nitrogen and oxygen atoms in total. The van der Waals surface area contributed by atoms with Gasteiger partial charge in [-0.1, -0.05) is 32.0 Å². The molecule has 198 valence electrons. The number of anilines is 2. The van der Waals surface area contributed by atoms with E-state index in [1.54, 1.807) is 24.3 Å². The molecule has 1 unspecified atom stereocenters. The van der Waals surface area contributed by atoms with Gasteiger partial charge in [0.05, 0.1) is 5.69 Å². The molecule has 4 N–H and O–H groups in total. The minimum Gasteiger partial charge on any atom is -0.406 e. The van der Waals surface area contributed by atoms with E-state index in [0.29, 0.717) is 22.8 Å². The number of urea groups is 1. The molecule has 0 fully saturated rings. The van der Waals surface area contributed by atoms with Crippen LogP contribution in [0.1, 0.15) is 25.3 Å². The number of carbonyl (C=O) groups is 1. The number of nitrogens with one attached hydrogen (secondary N) is 3. The topological polar surface area (TPSA) is 113 Å². The van der Waals surface area contributed by atoms with Gasteiger partial charge in [-0.25, -0.2) is 14.5 Å². The van der Waals surface area contributed by atoms with Crippen molar-refractivity contribution in [2.75, 3.05) is 10.6 Å². The zero-order valence-electron chi connectivity index (χ0n) is 20.4. The molecule has 0 radical (unpaired) electrons. The van der Waals surface area contributed by atoms with Crippen molar-refractivity contribution in [1.29, 1.82) is 0 Å². The normalized spacial score (nSPS) is 12.2. The maximum Gasteiger partial charge on any atom is 0.573 e. The lowest BCUT2D eigenvalue weighted by Crippen LogP contribution is -2.42. The van der Waals surface area contributed by atoms with Crippen molar-refractivity contribution in [3.63, 3.8) is 0 Å². The maximum atomic E-state index is 12.3. The molecule has 4 aromatic rings. The Bertz CT molecular complexity index is 1370. The molecule has 0 saturated carbocycles. The first-order valence-electron chi connectivity index (χ1n) is 11.6. The number of para-hydroxylation sites is 1. The molecular weight excluding hydrogens is 501 g/mol. The summed E-state index contributed by atoms with van der Waals surface area (Å²) < 4.78 is 42.3. The number of halogens is 3. The highest BCUT2D eigenvalue weighted by molar-refractivity contribution is 5.89. The van der Waals surface area contributed by atoms with Gasteiger partial charge in [0.15, 0.2) is 5.82 Å². The number of ether oxygens (including phenoxy) is 1. The van der Waals surface area contributed by atoms with E-state index in [4.69, 9.17) is 0 Å². The van der Waals surface area contributed by atoms with E-state index in [9.17, 15) is 23.1 Å². The zero-order chi connectivity index (χ0) is 27.3. The van der Waals surface area contributed by atoms with E-state index in [1.165, 1.54) is 35.3 Å². The molecule has 0 aliphatic carbocycles. The van der Waals surface area contributed by atoms with E-state index in [1.807, 2.05) is 38.1 Å². The molecule has 0 spiro atoms. The molecule has 0 bridgehead atoms. The molecule has 1 aromatic heterocycles. The van der Waals surface area contributed by atoms with Crippen LogP contribution in [0, 0.1) is 0 Å². The lowest BCUT2D eigenvalue weighted by molar-refractivity contribution is -0.274. The van der Waals surface area contributed by atoms with Crippen molar-refractivity contribution in [1.82, 2.24) is 20.1 Å². The average Bonchev–Trinajstić information content (AvgIpc) is 3.34. The van der Waals surface area contributed by atoms with Crippen LogP contribution in [0.15, 0.2) is 79.1 Å². The lowest BCUT2D eigenvalue weighted by atomic mass is 10.0. The Morgan fingerprint density at radius 3 is 2.34 bits per heavy atom. The fourth-order valence-corrected chi connectivity index (χ4v) is 3.63. The summed E-state index contributed by atoms with van der Waals surface area (Å²) in [5.41, 5.74) is 3.35. The third-order valence-corrected chi connectivity index (χ3v) is 5.37. The fourth-order valence-electron chi connectivity index (χ4n) is 3.63. The van der Waals surface area contributed by atoms with E-state index >= 15 is 0 Å². The number of hydrogen-bond acceptors (Lipinski definition) is 6. The smallest absolute Gasteiger partial charge is 0.406 e. The summed E-state index contributed by atoms with van der Waals surface area (Å²) in [5.74, 6) is 0.273. The van der Waals surface area contributed by atoms with Crippen molar-refractivity contribution in [3.8, 4) is 22.8 Å². The third kappa shape index (κ3) is 7.01. The van der Waals surface area contributed by atoms with Crippen LogP contribution >= 0.6 is 0 Å². The van der Waals surface area contributed by atoms with Gasteiger partial charge >= 0.3 is 12.4 Å². The molecule has 4 rings (SSSR count). The first-order valence-corrected chi connectivity index (χ1v) is 11.6. The number of carbonyl (C=O) groups excluding carboxylic acids is 1. The Labute approximate surface area is 216 Å². The van der Waals surface area contributed by atoms with Crippen LogP contribution in [0.25, 0.3) is 17.1 Å². The van der Waals surface area contributed by atoms with Crippen molar-refractivity contribution in [2.45, 2.75) is 32.5 Å². The predicted octanol–water partition coefficient (Wildman–Crippen LogP) is 5.47. The first kappa shape index (κ1) is 26.5. The molecule has 0 aliphatic rings. The molecule has 38 heavy (non-hydrogen) atoms. The van der Waals surface area contributed by atoms with Crippen LogP contribution in [-0.2, 0) is 0 Å². The number of hydrogen-bond donors (Lipinski definition) is 4. The van der Waals surface area contributed by atoms with Crippen LogP contribution in [0.3, 0.4) is 0 Å². The van der Waals surface area contributed by atoms with E-state index < -0.39 is 18.7 Å². The number of benzene rings is 3. The summed E-state index contributed by atoms with van der Waals surface area (Å²) in [6.45, 7) is 4.07. The summed E-state index contributed by atoms with van der Waals surface area (Å²) in [6.07, 6.45) is -4.64. The predicted molar refractivity (Wildman–Crippen MR) is 136 cm³/mol. The maximum absolute atomic E-state index is 12.3. The lowest BCUT2D eigenvalue weighted by Gasteiger charge is -2.19. The Hall–Kier alpha value is -4.58. The summed E-state index contributed by atoms with van der Waals surface area (Å²) in [6, 6.07) is 18.8. The molecule has 3 aromatic carbocycles. The SMILES string of the molecule is CC(C)c1ccccc1NC(O)NC(=O)Nc1ccc(-c2ncn(-c3ccc(OC(F)(F)F)cc3)n2)cc1. The minimum atomic E-state index is -4.76. The van der Waals surface area contributed by atoms with Gasteiger partial charge in [0.25, 0.3) is 0 Å². The summed E-state index contributed by atoms with van der Waals surface area (Å²) in [7, 11) is 0. The standard InChI is InChI=1S/C26H25F3N6O3/c1-16(2)21-5-3-4-6-22(21)32-25(37)33-24(36)31-18-9-7-17(8-10-18)23-30-15-35(34-23)19-11-13-20(14-12-19)38-26(27,28)29/h3-16,25,32,37H,1-2H3,(H2,31,33,36). The van der Waals surface area contributed by atoms with Crippen molar-refractivity contribution in [3.05, 3.63) is 84.7 Å². The second-order valence-corrected chi connectivity index (χ2v) is 8.52. The highest BCUT2D eigenvalue weighted by atomic mass is 19.4. The number of alkyl halides is 3. The van der Waals surface area contributed by atoms with E-state index in [-0.39, 0.29) is 11.7 Å². The van der Waals surface area contributed by atoms with Gasteiger partial charge in [0.2, 0.25) is 6.35 Å². The second-order valence-electron chi connectivity index (χ2n) is 8.52. The van der Waals surface area contributed by atoms with Crippen LogP contribution < -0.4 is 20.7 Å². The fraction of sp³-hybridized carbons (Fsp3) is 0.192. The number of nitrogens with zero attached hydrogens (tertiary/aromatic N) is 3. The van der Waals surface area contributed by atoms with Crippen LogP contribution in [0.4, 0.5) is 29.3 Å². The van der Waals surface area contributed by atoms with Crippen LogP contribution in [0.2, 0.25) is 0 Å². The van der Waals surface area contributed by atoms with Crippen molar-refractivity contribution < 1.29 is 27.8 Å². The summed E-state index contributed by atoms with van der Waals surface area (Å²) in [5, 5.41) is 22.5. The molecule has 0 aliphatic heterocycles. The zero-order valence-corrected chi connectivity index (χ0v) is 20.4. The average molecular weight is 527 g/mol. The van der Waals surface area contributed by atoms with Crippen molar-refractivity contribution in [2.24, 2.45) is 0 Å². The Morgan fingerprint density at radius 2 is 1.68 bits per heavy atom. The van der Waals surface area contributed by atoms with Crippen LogP contribution in [0.5, 0.6) is 5.75 Å². The summed E-state index contributed by atoms with van der Waals surface area (Å²) in [4.78, 5) is 16.6. The number of amides is 2. The van der Waals surface area contributed by atoms with Gasteiger partial charge in [-0.05, 0) is 66.1 Å². The molecule has 12 heteroatoms. The number of rotatable bonds is 8. The highest BCUT2D eigenvalue weighted by Gasteiger charge is 2.31. The molecule has 0 saturated heterocycles.